The van der Waals surface area contributed by atoms with Gasteiger partial charge in [-0.15, -0.1) is 11.3 Å². The summed E-state index contributed by atoms with van der Waals surface area (Å²) in [6.07, 6.45) is 0.388. The fraction of sp³-hybridized carbons (Fsp3) is 0.571. The summed E-state index contributed by atoms with van der Waals surface area (Å²) in [5, 5.41) is 2.82. The lowest BCUT2D eigenvalue weighted by Gasteiger charge is -2.25. The van der Waals surface area contributed by atoms with E-state index in [0.717, 1.165) is 0 Å². The van der Waals surface area contributed by atoms with Gasteiger partial charge >= 0.3 is 0 Å². The zero-order valence-electron chi connectivity index (χ0n) is 11.6. The second-order valence-corrected chi connectivity index (χ2v) is 6.68. The molecule has 1 aliphatic heterocycles. The van der Waals surface area contributed by atoms with Gasteiger partial charge in [0.25, 0.3) is 0 Å². The van der Waals surface area contributed by atoms with E-state index in [-0.39, 0.29) is 17.7 Å². The lowest BCUT2D eigenvalue weighted by molar-refractivity contribution is -0.135. The molecule has 1 atom stereocenters. The standard InChI is InChI=1S/C14H20N2O2S/c1-9(2)13-14(18)16(7-6-12(17)15-13)8-11-5-4-10(3)19-11/h4-5,9,13H,6-8H2,1-3H3,(H,15,17). The summed E-state index contributed by atoms with van der Waals surface area (Å²) in [4.78, 5) is 28.3. The fourth-order valence-electron chi connectivity index (χ4n) is 2.22. The molecule has 1 aliphatic rings. The number of hydrogen-bond acceptors (Lipinski definition) is 3. The maximum Gasteiger partial charge on any atom is 0.245 e. The van der Waals surface area contributed by atoms with E-state index in [1.165, 1.54) is 9.75 Å². The van der Waals surface area contributed by atoms with E-state index in [0.29, 0.717) is 19.5 Å². The van der Waals surface area contributed by atoms with E-state index >= 15 is 0 Å². The van der Waals surface area contributed by atoms with Crippen molar-refractivity contribution in [3.05, 3.63) is 21.9 Å². The van der Waals surface area contributed by atoms with Gasteiger partial charge < -0.3 is 10.2 Å². The molecule has 1 fully saturated rings. The second kappa shape index (κ2) is 5.74. The normalized spacial score (nSPS) is 20.6. The second-order valence-electron chi connectivity index (χ2n) is 5.31. The number of rotatable bonds is 3. The van der Waals surface area contributed by atoms with Gasteiger partial charge in [0.05, 0.1) is 6.54 Å². The summed E-state index contributed by atoms with van der Waals surface area (Å²) in [6.45, 7) is 7.09. The van der Waals surface area contributed by atoms with E-state index < -0.39 is 6.04 Å². The van der Waals surface area contributed by atoms with E-state index in [9.17, 15) is 9.59 Å². The van der Waals surface area contributed by atoms with Crippen molar-refractivity contribution >= 4 is 23.2 Å². The molecule has 2 rings (SSSR count). The van der Waals surface area contributed by atoms with E-state index in [1.54, 1.807) is 16.2 Å². The highest BCUT2D eigenvalue weighted by molar-refractivity contribution is 7.11. The average molecular weight is 280 g/mol. The molecule has 0 aliphatic carbocycles. The predicted molar refractivity (Wildman–Crippen MR) is 75.9 cm³/mol. The van der Waals surface area contributed by atoms with Crippen molar-refractivity contribution < 1.29 is 9.59 Å². The molecule has 0 radical (unpaired) electrons. The number of aryl methyl sites for hydroxylation is 1. The Bertz CT molecular complexity index is 482. The number of amides is 2. The number of nitrogens with zero attached hydrogens (tertiary/aromatic N) is 1. The summed E-state index contributed by atoms with van der Waals surface area (Å²) in [5.74, 6) is 0.117. The number of carbonyl (C=O) groups is 2. The number of hydrogen-bond donors (Lipinski definition) is 1. The first-order valence-corrected chi connectivity index (χ1v) is 7.42. The van der Waals surface area contributed by atoms with Crippen LogP contribution >= 0.6 is 11.3 Å². The molecular formula is C14H20N2O2S. The summed E-state index contributed by atoms with van der Waals surface area (Å²) in [5.41, 5.74) is 0. The smallest absolute Gasteiger partial charge is 0.245 e. The molecule has 1 aromatic heterocycles. The quantitative estimate of drug-likeness (QED) is 0.919. The average Bonchev–Trinajstić information content (AvgIpc) is 2.69. The minimum absolute atomic E-state index is 0.0306. The van der Waals surface area contributed by atoms with Gasteiger partial charge in [0, 0.05) is 22.7 Å². The van der Waals surface area contributed by atoms with Crippen LogP contribution in [-0.4, -0.2) is 29.3 Å². The Kier molecular flexibility index (Phi) is 4.24. The lowest BCUT2D eigenvalue weighted by atomic mass is 10.0. The lowest BCUT2D eigenvalue weighted by Crippen LogP contribution is -2.47. The third-order valence-corrected chi connectivity index (χ3v) is 4.30. The van der Waals surface area contributed by atoms with Crippen molar-refractivity contribution in [3.8, 4) is 0 Å². The highest BCUT2D eigenvalue weighted by Gasteiger charge is 2.31. The van der Waals surface area contributed by atoms with Crippen LogP contribution in [0, 0.1) is 12.8 Å². The fourth-order valence-corrected chi connectivity index (χ4v) is 3.12. The first-order valence-electron chi connectivity index (χ1n) is 6.61. The highest BCUT2D eigenvalue weighted by atomic mass is 32.1. The summed E-state index contributed by atoms with van der Waals surface area (Å²) < 4.78 is 0. The third-order valence-electron chi connectivity index (χ3n) is 3.31. The van der Waals surface area contributed by atoms with Crippen LogP contribution in [0.3, 0.4) is 0 Å². The molecule has 5 heteroatoms. The number of carbonyl (C=O) groups excluding carboxylic acids is 2. The molecule has 1 N–H and O–H groups in total. The molecule has 1 saturated heterocycles. The van der Waals surface area contributed by atoms with Crippen LogP contribution in [0.5, 0.6) is 0 Å². The van der Waals surface area contributed by atoms with Gasteiger partial charge in [-0.3, -0.25) is 9.59 Å². The van der Waals surface area contributed by atoms with Crippen molar-refractivity contribution in [3.63, 3.8) is 0 Å². The summed E-state index contributed by atoms with van der Waals surface area (Å²) >= 11 is 1.70. The van der Waals surface area contributed by atoms with Gasteiger partial charge in [-0.1, -0.05) is 13.8 Å². The molecule has 19 heavy (non-hydrogen) atoms. The Morgan fingerprint density at radius 3 is 2.74 bits per heavy atom. The minimum atomic E-state index is -0.393. The van der Waals surface area contributed by atoms with Gasteiger partial charge in [-0.2, -0.15) is 0 Å². The van der Waals surface area contributed by atoms with Gasteiger partial charge in [0.2, 0.25) is 11.8 Å². The Balaban J connectivity index is 2.14. The van der Waals surface area contributed by atoms with E-state index in [2.05, 4.69) is 24.4 Å². The molecule has 0 bridgehead atoms. The highest BCUT2D eigenvalue weighted by Crippen LogP contribution is 2.19. The molecular weight excluding hydrogens is 260 g/mol. The zero-order chi connectivity index (χ0) is 14.0. The van der Waals surface area contributed by atoms with Gasteiger partial charge in [-0.25, -0.2) is 0 Å². The molecule has 0 spiro atoms. The third kappa shape index (κ3) is 3.35. The van der Waals surface area contributed by atoms with Gasteiger partial charge in [-0.05, 0) is 25.0 Å². The van der Waals surface area contributed by atoms with Gasteiger partial charge in [0.15, 0.2) is 0 Å². The largest absolute Gasteiger partial charge is 0.344 e. The number of thiophene rings is 1. The Labute approximate surface area is 117 Å². The Morgan fingerprint density at radius 2 is 2.16 bits per heavy atom. The van der Waals surface area contributed by atoms with Crippen LogP contribution in [0.25, 0.3) is 0 Å². The Hall–Kier alpha value is -1.36. The summed E-state index contributed by atoms with van der Waals surface area (Å²) in [6, 6.07) is 3.72. The van der Waals surface area contributed by atoms with Crippen molar-refractivity contribution in [2.45, 2.75) is 39.8 Å². The number of nitrogens with one attached hydrogen (secondary N) is 1. The summed E-state index contributed by atoms with van der Waals surface area (Å²) in [7, 11) is 0. The van der Waals surface area contributed by atoms with Crippen LogP contribution in [-0.2, 0) is 16.1 Å². The van der Waals surface area contributed by atoms with Crippen LogP contribution < -0.4 is 5.32 Å². The van der Waals surface area contributed by atoms with Crippen LogP contribution in [0.2, 0.25) is 0 Å². The first kappa shape index (κ1) is 14.1. The van der Waals surface area contributed by atoms with Crippen LogP contribution in [0.4, 0.5) is 0 Å². The molecule has 1 aromatic rings. The maximum atomic E-state index is 12.5. The van der Waals surface area contributed by atoms with Crippen LogP contribution in [0.1, 0.15) is 30.0 Å². The molecule has 1 unspecified atom stereocenters. The van der Waals surface area contributed by atoms with Crippen molar-refractivity contribution in [1.82, 2.24) is 10.2 Å². The van der Waals surface area contributed by atoms with Crippen molar-refractivity contribution in [1.29, 1.82) is 0 Å². The molecule has 104 valence electrons. The van der Waals surface area contributed by atoms with Crippen LogP contribution in [0.15, 0.2) is 12.1 Å². The predicted octanol–water partition coefficient (Wildman–Crippen LogP) is 1.93. The van der Waals surface area contributed by atoms with Crippen molar-refractivity contribution in [2.75, 3.05) is 6.54 Å². The molecule has 0 saturated carbocycles. The minimum Gasteiger partial charge on any atom is -0.344 e. The van der Waals surface area contributed by atoms with E-state index in [4.69, 9.17) is 0 Å². The zero-order valence-corrected chi connectivity index (χ0v) is 12.4. The maximum absolute atomic E-state index is 12.5. The monoisotopic (exact) mass is 280 g/mol. The Morgan fingerprint density at radius 1 is 1.42 bits per heavy atom. The molecule has 4 nitrogen and oxygen atoms in total. The molecule has 0 aromatic carbocycles. The molecule has 2 amide bonds. The SMILES string of the molecule is Cc1ccc(CN2CCC(=O)NC(C(C)C)C2=O)s1. The first-order chi connectivity index (χ1) is 8.97. The topological polar surface area (TPSA) is 49.4 Å². The van der Waals surface area contributed by atoms with E-state index in [1.807, 2.05) is 13.8 Å². The van der Waals surface area contributed by atoms with Gasteiger partial charge in [0.1, 0.15) is 6.04 Å². The molecule has 2 heterocycles. The van der Waals surface area contributed by atoms with Crippen molar-refractivity contribution in [2.24, 2.45) is 5.92 Å².